The van der Waals surface area contributed by atoms with Crippen LogP contribution in [-0.4, -0.2) is 17.3 Å². The van der Waals surface area contributed by atoms with Gasteiger partial charge in [0.25, 0.3) is 0 Å². The number of rotatable bonds is 5. The molecule has 0 radical (unpaired) electrons. The van der Waals surface area contributed by atoms with E-state index in [9.17, 15) is 4.39 Å². The summed E-state index contributed by atoms with van der Waals surface area (Å²) in [5, 5.41) is 7.52. The zero-order valence-corrected chi connectivity index (χ0v) is 12.9. The maximum atomic E-state index is 14.3. The topological polar surface area (TPSA) is 60.2 Å². The molecule has 0 atom stereocenters. The lowest BCUT2D eigenvalue weighted by atomic mass is 9.96. The summed E-state index contributed by atoms with van der Waals surface area (Å²) in [6, 6.07) is 5.17. The average Bonchev–Trinajstić information content (AvgIpc) is 3.16. The lowest BCUT2D eigenvalue weighted by Crippen LogP contribution is -2.40. The van der Waals surface area contributed by atoms with Gasteiger partial charge in [-0.05, 0) is 18.9 Å². The molecule has 0 amide bonds. The summed E-state index contributed by atoms with van der Waals surface area (Å²) >= 11 is 0. The molecule has 5 nitrogen and oxygen atoms in total. The number of aromatic nitrogens is 2. The van der Waals surface area contributed by atoms with E-state index in [2.05, 4.69) is 15.5 Å². The van der Waals surface area contributed by atoms with Gasteiger partial charge in [-0.1, -0.05) is 30.1 Å². The molecule has 1 aliphatic rings. The summed E-state index contributed by atoms with van der Waals surface area (Å²) in [4.78, 5) is 4.37. The van der Waals surface area contributed by atoms with Crippen molar-refractivity contribution < 1.29 is 13.7 Å². The van der Waals surface area contributed by atoms with Crippen molar-refractivity contribution >= 4 is 0 Å². The second-order valence-electron chi connectivity index (χ2n) is 5.71. The van der Waals surface area contributed by atoms with Crippen LogP contribution < -0.4 is 10.1 Å². The molecule has 0 spiro atoms. The van der Waals surface area contributed by atoms with Gasteiger partial charge in [-0.15, -0.1) is 0 Å². The molecule has 1 heterocycles. The van der Waals surface area contributed by atoms with Gasteiger partial charge in [0.1, 0.15) is 0 Å². The van der Waals surface area contributed by atoms with Gasteiger partial charge in [0.15, 0.2) is 17.4 Å². The van der Waals surface area contributed by atoms with Crippen LogP contribution in [0.3, 0.4) is 0 Å². The van der Waals surface area contributed by atoms with E-state index < -0.39 is 0 Å². The third-order valence-electron chi connectivity index (χ3n) is 4.29. The molecule has 1 N–H and O–H groups in total. The number of hydrogen-bond acceptors (Lipinski definition) is 5. The van der Waals surface area contributed by atoms with Crippen LogP contribution in [0.2, 0.25) is 0 Å². The Bertz CT molecular complexity index is 651. The van der Waals surface area contributed by atoms with Gasteiger partial charge < -0.3 is 14.6 Å². The van der Waals surface area contributed by atoms with Crippen molar-refractivity contribution in [2.24, 2.45) is 0 Å². The fourth-order valence-electron chi connectivity index (χ4n) is 3.07. The average molecular weight is 305 g/mol. The zero-order chi connectivity index (χ0) is 15.6. The molecular weight excluding hydrogens is 285 g/mol. The van der Waals surface area contributed by atoms with E-state index in [1.807, 2.05) is 0 Å². The van der Waals surface area contributed by atoms with Gasteiger partial charge in [-0.25, -0.2) is 4.39 Å². The number of nitrogens with one attached hydrogen (secondary N) is 1. The number of nitrogens with zero attached hydrogens (tertiary/aromatic N) is 2. The van der Waals surface area contributed by atoms with Crippen LogP contribution in [0.5, 0.6) is 5.75 Å². The summed E-state index contributed by atoms with van der Waals surface area (Å²) in [5.41, 5.74) is 0.249. The van der Waals surface area contributed by atoms with Crippen LogP contribution in [0, 0.1) is 12.7 Å². The fourth-order valence-corrected chi connectivity index (χ4v) is 3.07. The highest BCUT2D eigenvalue weighted by Crippen LogP contribution is 2.37. The van der Waals surface area contributed by atoms with E-state index in [0.717, 1.165) is 25.7 Å². The normalized spacial score (nSPS) is 16.9. The van der Waals surface area contributed by atoms with E-state index in [-0.39, 0.29) is 17.1 Å². The molecule has 1 aliphatic carbocycles. The summed E-state index contributed by atoms with van der Waals surface area (Å²) in [6.07, 6.45) is 4.05. The number of ether oxygens (including phenoxy) is 1. The predicted molar refractivity (Wildman–Crippen MR) is 79.0 cm³/mol. The first-order valence-corrected chi connectivity index (χ1v) is 7.52. The van der Waals surface area contributed by atoms with E-state index in [4.69, 9.17) is 9.26 Å². The minimum absolute atomic E-state index is 0.259. The molecule has 1 fully saturated rings. The molecule has 0 aliphatic heterocycles. The molecule has 1 aromatic carbocycles. The molecule has 1 saturated carbocycles. The lowest BCUT2D eigenvalue weighted by molar-refractivity contribution is 0.295. The largest absolute Gasteiger partial charge is 0.494 e. The van der Waals surface area contributed by atoms with Crippen LogP contribution >= 0.6 is 0 Å². The van der Waals surface area contributed by atoms with Crippen LogP contribution in [0.15, 0.2) is 22.7 Å². The van der Waals surface area contributed by atoms with Gasteiger partial charge in [-0.3, -0.25) is 0 Å². The van der Waals surface area contributed by atoms with Crippen LogP contribution in [0.25, 0.3) is 0 Å². The number of aryl methyl sites for hydroxylation is 1. The third kappa shape index (κ3) is 2.70. The highest BCUT2D eigenvalue weighted by Gasteiger charge is 2.39. The van der Waals surface area contributed by atoms with Crippen molar-refractivity contribution in [3.05, 3.63) is 41.3 Å². The smallest absolute Gasteiger partial charge is 0.223 e. The zero-order valence-electron chi connectivity index (χ0n) is 12.9. The van der Waals surface area contributed by atoms with E-state index >= 15 is 0 Å². The minimum Gasteiger partial charge on any atom is -0.494 e. The SMILES string of the molecule is COc1cccc(CNC2(c3noc(C)n3)CCCC2)c1F. The van der Waals surface area contributed by atoms with Crippen LogP contribution in [0.1, 0.15) is 43.0 Å². The highest BCUT2D eigenvalue weighted by molar-refractivity contribution is 5.31. The summed E-state index contributed by atoms with van der Waals surface area (Å²) in [7, 11) is 1.47. The Kier molecular flexibility index (Phi) is 4.11. The highest BCUT2D eigenvalue weighted by atomic mass is 19.1. The second-order valence-corrected chi connectivity index (χ2v) is 5.71. The molecular formula is C16H20FN3O2. The molecule has 3 rings (SSSR count). The quantitative estimate of drug-likeness (QED) is 0.920. The van der Waals surface area contributed by atoms with Gasteiger partial charge in [0.2, 0.25) is 5.89 Å². The first-order chi connectivity index (χ1) is 10.6. The molecule has 2 aromatic rings. The number of methoxy groups -OCH3 is 1. The maximum Gasteiger partial charge on any atom is 0.223 e. The standard InChI is InChI=1S/C16H20FN3O2/c1-11-19-15(20-22-11)16(8-3-4-9-16)18-10-12-6-5-7-13(21-2)14(12)17/h5-7,18H,3-4,8-10H2,1-2H3. The fraction of sp³-hybridized carbons (Fsp3) is 0.500. The Hall–Kier alpha value is -1.95. The molecule has 0 bridgehead atoms. The van der Waals surface area contributed by atoms with Crippen molar-refractivity contribution in [1.29, 1.82) is 0 Å². The van der Waals surface area contributed by atoms with Gasteiger partial charge in [-0.2, -0.15) is 4.98 Å². The summed E-state index contributed by atoms with van der Waals surface area (Å²) < 4.78 is 24.4. The van der Waals surface area contributed by atoms with E-state index in [0.29, 0.717) is 23.8 Å². The van der Waals surface area contributed by atoms with Crippen molar-refractivity contribution in [2.75, 3.05) is 7.11 Å². The Balaban J connectivity index is 1.81. The molecule has 6 heteroatoms. The van der Waals surface area contributed by atoms with Crippen molar-refractivity contribution in [3.8, 4) is 5.75 Å². The summed E-state index contributed by atoms with van der Waals surface area (Å²) in [5.74, 6) is 1.16. The number of benzene rings is 1. The molecule has 118 valence electrons. The minimum atomic E-state index is -0.326. The first-order valence-electron chi connectivity index (χ1n) is 7.52. The Morgan fingerprint density at radius 3 is 2.77 bits per heavy atom. The van der Waals surface area contributed by atoms with Crippen molar-refractivity contribution in [1.82, 2.24) is 15.5 Å². The van der Waals surface area contributed by atoms with E-state index in [1.54, 1.807) is 25.1 Å². The molecule has 22 heavy (non-hydrogen) atoms. The Labute approximate surface area is 128 Å². The number of halogens is 1. The van der Waals surface area contributed by atoms with Gasteiger partial charge in [0.05, 0.1) is 12.6 Å². The van der Waals surface area contributed by atoms with E-state index in [1.165, 1.54) is 7.11 Å². The molecule has 0 unspecified atom stereocenters. The third-order valence-corrected chi connectivity index (χ3v) is 4.29. The maximum absolute atomic E-state index is 14.3. The first kappa shape index (κ1) is 15.0. The Morgan fingerprint density at radius 1 is 1.36 bits per heavy atom. The predicted octanol–water partition coefficient (Wildman–Crippen LogP) is 3.08. The lowest BCUT2D eigenvalue weighted by Gasteiger charge is -2.27. The van der Waals surface area contributed by atoms with Gasteiger partial charge in [0, 0.05) is 19.0 Å². The molecule has 1 aromatic heterocycles. The van der Waals surface area contributed by atoms with Crippen molar-refractivity contribution in [3.63, 3.8) is 0 Å². The second kappa shape index (κ2) is 6.04. The summed E-state index contributed by atoms with van der Waals surface area (Å²) in [6.45, 7) is 2.18. The van der Waals surface area contributed by atoms with Crippen molar-refractivity contribution in [2.45, 2.75) is 44.7 Å². The number of hydrogen-bond donors (Lipinski definition) is 1. The Morgan fingerprint density at radius 2 is 2.14 bits per heavy atom. The van der Waals surface area contributed by atoms with Gasteiger partial charge >= 0.3 is 0 Å². The van der Waals surface area contributed by atoms with Crippen LogP contribution in [0.4, 0.5) is 4.39 Å². The monoisotopic (exact) mass is 305 g/mol. The van der Waals surface area contributed by atoms with Crippen LogP contribution in [-0.2, 0) is 12.1 Å². The molecule has 0 saturated heterocycles.